The van der Waals surface area contributed by atoms with E-state index in [4.69, 9.17) is 11.6 Å². The van der Waals surface area contributed by atoms with Gasteiger partial charge in [0, 0.05) is 12.6 Å². The van der Waals surface area contributed by atoms with Crippen molar-refractivity contribution in [3.63, 3.8) is 0 Å². The number of hydrogen-bond donors (Lipinski definition) is 1. The summed E-state index contributed by atoms with van der Waals surface area (Å²) in [6, 6.07) is 0.980. The lowest BCUT2D eigenvalue weighted by Gasteiger charge is -2.22. The summed E-state index contributed by atoms with van der Waals surface area (Å²) in [5.41, 5.74) is -0.568. The highest BCUT2D eigenvalue weighted by Gasteiger charge is 2.26. The van der Waals surface area contributed by atoms with Gasteiger partial charge in [0.05, 0.1) is 4.92 Å². The Bertz CT molecular complexity index is 580. The number of sulfonamides is 1. The predicted molar refractivity (Wildman–Crippen MR) is 75.2 cm³/mol. The zero-order valence-electron chi connectivity index (χ0n) is 10.8. The lowest BCUT2D eigenvalue weighted by atomic mass is 9.91. The molecule has 0 saturated heterocycles. The van der Waals surface area contributed by atoms with Gasteiger partial charge in [-0.05, 0) is 11.8 Å². The maximum absolute atomic E-state index is 12.0. The van der Waals surface area contributed by atoms with E-state index in [0.29, 0.717) is 11.3 Å². The minimum atomic E-state index is -3.76. The maximum Gasteiger partial charge on any atom is 0.300 e. The molecule has 9 heteroatoms. The van der Waals surface area contributed by atoms with Gasteiger partial charge in [-0.1, -0.05) is 32.4 Å². The van der Waals surface area contributed by atoms with Crippen molar-refractivity contribution in [2.75, 3.05) is 6.54 Å². The van der Waals surface area contributed by atoms with Crippen molar-refractivity contribution in [3.8, 4) is 0 Å². The van der Waals surface area contributed by atoms with E-state index < -0.39 is 14.9 Å². The largest absolute Gasteiger partial charge is 0.300 e. The molecule has 0 saturated carbocycles. The first kappa shape index (κ1) is 16.4. The number of rotatable bonds is 6. The molecule has 0 radical (unpaired) electrons. The molecule has 0 aliphatic carbocycles. The second-order valence-electron chi connectivity index (χ2n) is 4.82. The number of thiophene rings is 1. The van der Waals surface area contributed by atoms with E-state index in [1.165, 1.54) is 0 Å². The van der Waals surface area contributed by atoms with Crippen molar-refractivity contribution in [3.05, 3.63) is 20.5 Å². The zero-order chi connectivity index (χ0) is 14.8. The molecule has 108 valence electrons. The van der Waals surface area contributed by atoms with Gasteiger partial charge in [0.2, 0.25) is 10.0 Å². The molecule has 0 aliphatic heterocycles. The Balaban J connectivity index is 2.96. The van der Waals surface area contributed by atoms with Crippen molar-refractivity contribution in [1.82, 2.24) is 4.72 Å². The Kier molecular flexibility index (Phi) is 4.94. The van der Waals surface area contributed by atoms with Crippen molar-refractivity contribution in [1.29, 1.82) is 0 Å². The van der Waals surface area contributed by atoms with Crippen LogP contribution in [0.1, 0.15) is 27.2 Å². The maximum atomic E-state index is 12.0. The second kappa shape index (κ2) is 5.74. The average Bonchev–Trinajstić information content (AvgIpc) is 2.70. The Morgan fingerprint density at radius 3 is 2.53 bits per heavy atom. The van der Waals surface area contributed by atoms with Crippen LogP contribution in [0, 0.1) is 15.5 Å². The van der Waals surface area contributed by atoms with Gasteiger partial charge in [0.25, 0.3) is 5.69 Å². The summed E-state index contributed by atoms with van der Waals surface area (Å²) in [6.45, 7) is 6.08. The van der Waals surface area contributed by atoms with E-state index in [2.05, 4.69) is 4.72 Å². The molecule has 1 N–H and O–H groups in total. The van der Waals surface area contributed by atoms with Crippen LogP contribution < -0.4 is 4.72 Å². The highest BCUT2D eigenvalue weighted by Crippen LogP contribution is 2.36. The molecule has 0 spiro atoms. The number of nitro groups is 1. The number of nitrogens with zero attached hydrogens (tertiary/aromatic N) is 1. The molecule has 1 rings (SSSR count). The molecule has 0 atom stereocenters. The van der Waals surface area contributed by atoms with Gasteiger partial charge >= 0.3 is 0 Å². The highest BCUT2D eigenvalue weighted by atomic mass is 35.5. The highest BCUT2D eigenvalue weighted by molar-refractivity contribution is 7.91. The van der Waals surface area contributed by atoms with Crippen LogP contribution in [0.2, 0.25) is 4.34 Å². The summed E-state index contributed by atoms with van der Waals surface area (Å²) in [7, 11) is -3.76. The van der Waals surface area contributed by atoms with Crippen LogP contribution in [0.3, 0.4) is 0 Å². The van der Waals surface area contributed by atoms with E-state index in [0.717, 1.165) is 12.5 Å². The predicted octanol–water partition coefficient (Wildman–Crippen LogP) is 3.02. The first-order valence-corrected chi connectivity index (χ1v) is 8.20. The molecular formula is C10H15ClN2O4S2. The average molecular weight is 327 g/mol. The van der Waals surface area contributed by atoms with Crippen LogP contribution in [-0.4, -0.2) is 19.9 Å². The number of hydrogen-bond acceptors (Lipinski definition) is 5. The van der Waals surface area contributed by atoms with Crippen LogP contribution in [0.25, 0.3) is 0 Å². The summed E-state index contributed by atoms with van der Waals surface area (Å²) >= 11 is 6.33. The van der Waals surface area contributed by atoms with E-state index >= 15 is 0 Å². The molecule has 0 fully saturated rings. The van der Waals surface area contributed by atoms with Crippen LogP contribution in [0.15, 0.2) is 10.3 Å². The van der Waals surface area contributed by atoms with Crippen LogP contribution >= 0.6 is 22.9 Å². The van der Waals surface area contributed by atoms with Crippen molar-refractivity contribution in [2.24, 2.45) is 5.41 Å². The minimum absolute atomic E-state index is 0.139. The molecule has 19 heavy (non-hydrogen) atoms. The van der Waals surface area contributed by atoms with Crippen LogP contribution in [0.4, 0.5) is 5.69 Å². The molecule has 0 bridgehead atoms. The van der Waals surface area contributed by atoms with Crippen molar-refractivity contribution >= 4 is 38.6 Å². The van der Waals surface area contributed by atoms with Gasteiger partial charge in [-0.15, -0.1) is 11.3 Å². The summed E-state index contributed by atoms with van der Waals surface area (Å²) in [5, 5.41) is 10.6. The number of halogens is 1. The van der Waals surface area contributed by atoms with E-state index in [9.17, 15) is 18.5 Å². The minimum Gasteiger partial charge on any atom is -0.258 e. The normalized spacial score (nSPS) is 12.6. The molecule has 6 nitrogen and oxygen atoms in total. The SMILES string of the molecule is CCC(C)(C)CNS(=O)(=O)c1cc([N+](=O)[O-])c(Cl)s1. The molecular weight excluding hydrogens is 312 g/mol. The Hall–Kier alpha value is -0.700. The lowest BCUT2D eigenvalue weighted by Crippen LogP contribution is -2.33. The third kappa shape index (κ3) is 4.13. The van der Waals surface area contributed by atoms with Gasteiger partial charge < -0.3 is 0 Å². The van der Waals surface area contributed by atoms with E-state index in [-0.39, 0.29) is 26.2 Å². The molecule has 1 heterocycles. The van der Waals surface area contributed by atoms with Gasteiger partial charge in [-0.25, -0.2) is 13.1 Å². The van der Waals surface area contributed by atoms with E-state index in [1.54, 1.807) is 0 Å². The van der Waals surface area contributed by atoms with Crippen molar-refractivity contribution < 1.29 is 13.3 Å². The van der Waals surface area contributed by atoms with Gasteiger partial charge in [-0.3, -0.25) is 10.1 Å². The third-order valence-electron chi connectivity index (χ3n) is 2.81. The molecule has 0 amide bonds. The standard InChI is InChI=1S/C10H15ClN2O4S2/c1-4-10(2,3)6-12-19(16,17)8-5-7(13(14)15)9(11)18-8/h5,12H,4,6H2,1-3H3. The third-order valence-corrected chi connectivity index (χ3v) is 6.02. The van der Waals surface area contributed by atoms with Gasteiger partial charge in [0.15, 0.2) is 4.34 Å². The summed E-state index contributed by atoms with van der Waals surface area (Å²) < 4.78 is 26.2. The fraction of sp³-hybridized carbons (Fsp3) is 0.600. The first-order valence-electron chi connectivity index (χ1n) is 5.52. The fourth-order valence-electron chi connectivity index (χ4n) is 1.08. The molecule has 1 aromatic heterocycles. The quantitative estimate of drug-likeness (QED) is 0.642. The smallest absolute Gasteiger partial charge is 0.258 e. The lowest BCUT2D eigenvalue weighted by molar-refractivity contribution is -0.384. The first-order chi connectivity index (χ1) is 8.59. The molecule has 0 aliphatic rings. The fourth-order valence-corrected chi connectivity index (χ4v) is 4.03. The molecule has 1 aromatic rings. The molecule has 0 aromatic carbocycles. The van der Waals surface area contributed by atoms with E-state index in [1.807, 2.05) is 20.8 Å². The van der Waals surface area contributed by atoms with Crippen LogP contribution in [-0.2, 0) is 10.0 Å². The van der Waals surface area contributed by atoms with Gasteiger partial charge in [-0.2, -0.15) is 0 Å². The Morgan fingerprint density at radius 2 is 2.11 bits per heavy atom. The second-order valence-corrected chi connectivity index (χ2v) is 8.47. The van der Waals surface area contributed by atoms with Crippen molar-refractivity contribution in [2.45, 2.75) is 31.4 Å². The summed E-state index contributed by atoms with van der Waals surface area (Å²) in [5.74, 6) is 0. The van der Waals surface area contributed by atoms with Crippen LogP contribution in [0.5, 0.6) is 0 Å². The summed E-state index contributed by atoms with van der Waals surface area (Å²) in [4.78, 5) is 9.94. The topological polar surface area (TPSA) is 89.3 Å². The summed E-state index contributed by atoms with van der Waals surface area (Å²) in [6.07, 6.45) is 0.806. The van der Waals surface area contributed by atoms with Gasteiger partial charge in [0.1, 0.15) is 4.21 Å². The Labute approximate surface area is 121 Å². The monoisotopic (exact) mass is 326 g/mol. The molecule has 0 unspecified atom stereocenters. The Morgan fingerprint density at radius 1 is 1.53 bits per heavy atom. The number of nitrogens with one attached hydrogen (secondary N) is 1. The zero-order valence-corrected chi connectivity index (χ0v) is 13.2.